The minimum atomic E-state index is -0.898. The molecule has 0 aromatic heterocycles. The summed E-state index contributed by atoms with van der Waals surface area (Å²) in [6.07, 6.45) is -0.898. The van der Waals surface area contributed by atoms with Crippen molar-refractivity contribution in [2.24, 2.45) is 5.73 Å². The van der Waals surface area contributed by atoms with Crippen LogP contribution in [0.2, 0.25) is 0 Å². The molecule has 0 heterocycles. The van der Waals surface area contributed by atoms with Crippen molar-refractivity contribution in [3.8, 4) is 11.5 Å². The first-order valence-electron chi connectivity index (χ1n) is 5.21. The second-order valence-corrected chi connectivity index (χ2v) is 4.76. The molecule has 0 saturated heterocycles. The number of amides is 1. The van der Waals surface area contributed by atoms with E-state index < -0.39 is 6.09 Å². The van der Waals surface area contributed by atoms with Gasteiger partial charge in [0.25, 0.3) is 0 Å². The van der Waals surface area contributed by atoms with Gasteiger partial charge in [-0.1, -0.05) is 20.8 Å². The van der Waals surface area contributed by atoms with Crippen molar-refractivity contribution < 1.29 is 14.3 Å². The molecular formula is C12H18N2O3. The number of hydrogen-bond donors (Lipinski definition) is 2. The second kappa shape index (κ2) is 4.53. The predicted octanol–water partition coefficient (Wildman–Crippen LogP) is 2.03. The van der Waals surface area contributed by atoms with E-state index in [1.54, 1.807) is 0 Å². The van der Waals surface area contributed by atoms with Crippen molar-refractivity contribution >= 4 is 11.8 Å². The second-order valence-electron chi connectivity index (χ2n) is 4.76. The summed E-state index contributed by atoms with van der Waals surface area (Å²) >= 11 is 0. The van der Waals surface area contributed by atoms with E-state index in [4.69, 9.17) is 20.9 Å². The van der Waals surface area contributed by atoms with Gasteiger partial charge in [0.2, 0.25) is 0 Å². The zero-order valence-corrected chi connectivity index (χ0v) is 10.5. The van der Waals surface area contributed by atoms with Crippen molar-refractivity contribution in [1.82, 2.24) is 0 Å². The largest absolute Gasteiger partial charge is 0.497 e. The smallest absolute Gasteiger partial charge is 0.410 e. The fourth-order valence-corrected chi connectivity index (χ4v) is 1.53. The molecule has 0 aliphatic carbocycles. The van der Waals surface area contributed by atoms with Crippen LogP contribution < -0.4 is 20.9 Å². The number of benzene rings is 1. The normalized spacial score (nSPS) is 11.1. The highest BCUT2D eigenvalue weighted by Crippen LogP contribution is 2.37. The number of anilines is 1. The number of nitrogens with two attached hydrogens (primary N) is 2. The molecule has 0 atom stereocenters. The topological polar surface area (TPSA) is 87.6 Å². The monoisotopic (exact) mass is 238 g/mol. The SMILES string of the molecule is COc1cc(OC(N)=O)c(N)c(C(C)(C)C)c1. The number of carbonyl (C=O) groups excluding carboxylic acids is 1. The maximum absolute atomic E-state index is 10.8. The lowest BCUT2D eigenvalue weighted by Gasteiger charge is -2.23. The lowest BCUT2D eigenvalue weighted by atomic mass is 9.85. The Labute approximate surface area is 101 Å². The Morgan fingerprint density at radius 1 is 1.29 bits per heavy atom. The number of carbonyl (C=O) groups is 1. The summed E-state index contributed by atoms with van der Waals surface area (Å²) in [7, 11) is 1.53. The highest BCUT2D eigenvalue weighted by atomic mass is 16.5. The van der Waals surface area contributed by atoms with Gasteiger partial charge in [0.15, 0.2) is 5.75 Å². The Hall–Kier alpha value is -1.91. The molecule has 0 bridgehead atoms. The van der Waals surface area contributed by atoms with E-state index in [1.165, 1.54) is 13.2 Å². The van der Waals surface area contributed by atoms with Crippen molar-refractivity contribution in [2.75, 3.05) is 12.8 Å². The molecule has 0 aliphatic rings. The zero-order valence-electron chi connectivity index (χ0n) is 10.5. The lowest BCUT2D eigenvalue weighted by molar-refractivity contribution is 0.211. The summed E-state index contributed by atoms with van der Waals surface area (Å²) < 4.78 is 10.00. The number of methoxy groups -OCH3 is 1. The molecule has 1 amide bonds. The fraction of sp³-hybridized carbons (Fsp3) is 0.417. The molecular weight excluding hydrogens is 220 g/mol. The van der Waals surface area contributed by atoms with E-state index in [9.17, 15) is 4.79 Å². The van der Waals surface area contributed by atoms with Gasteiger partial charge in [0.05, 0.1) is 12.8 Å². The van der Waals surface area contributed by atoms with Crippen molar-refractivity contribution in [3.63, 3.8) is 0 Å². The van der Waals surface area contributed by atoms with Gasteiger partial charge < -0.3 is 20.9 Å². The number of nitrogen functional groups attached to an aromatic ring is 1. The molecule has 0 radical (unpaired) electrons. The molecule has 1 aromatic carbocycles. The van der Waals surface area contributed by atoms with Crippen LogP contribution in [0.5, 0.6) is 11.5 Å². The van der Waals surface area contributed by atoms with E-state index in [2.05, 4.69) is 0 Å². The molecule has 5 nitrogen and oxygen atoms in total. The summed E-state index contributed by atoms with van der Waals surface area (Å²) in [6.45, 7) is 6.02. The molecule has 4 N–H and O–H groups in total. The molecule has 0 fully saturated rings. The average molecular weight is 238 g/mol. The van der Waals surface area contributed by atoms with Crippen LogP contribution in [0.3, 0.4) is 0 Å². The Morgan fingerprint density at radius 3 is 2.29 bits per heavy atom. The van der Waals surface area contributed by atoms with Crippen LogP contribution in [-0.4, -0.2) is 13.2 Å². The minimum absolute atomic E-state index is 0.186. The van der Waals surface area contributed by atoms with Gasteiger partial charge in [-0.25, -0.2) is 4.79 Å². The molecule has 0 aliphatic heterocycles. The van der Waals surface area contributed by atoms with Crippen LogP contribution >= 0.6 is 0 Å². The summed E-state index contributed by atoms with van der Waals surface area (Å²) in [5.41, 5.74) is 12.0. The van der Waals surface area contributed by atoms with Gasteiger partial charge in [0, 0.05) is 6.07 Å². The van der Waals surface area contributed by atoms with E-state index in [1.807, 2.05) is 26.8 Å². The van der Waals surface area contributed by atoms with Crippen LogP contribution in [0, 0.1) is 0 Å². The molecule has 94 valence electrons. The molecule has 0 unspecified atom stereocenters. The zero-order chi connectivity index (χ0) is 13.2. The van der Waals surface area contributed by atoms with Gasteiger partial charge in [-0.3, -0.25) is 0 Å². The summed E-state index contributed by atoms with van der Waals surface area (Å²) in [6, 6.07) is 3.36. The molecule has 1 aromatic rings. The molecule has 1 rings (SSSR count). The summed E-state index contributed by atoms with van der Waals surface area (Å²) in [4.78, 5) is 10.8. The van der Waals surface area contributed by atoms with Crippen LogP contribution in [0.4, 0.5) is 10.5 Å². The maximum Gasteiger partial charge on any atom is 0.410 e. The van der Waals surface area contributed by atoms with E-state index in [0.717, 1.165) is 5.56 Å². The molecule has 0 spiro atoms. The predicted molar refractivity (Wildman–Crippen MR) is 66.3 cm³/mol. The lowest BCUT2D eigenvalue weighted by Crippen LogP contribution is -2.19. The number of hydrogen-bond acceptors (Lipinski definition) is 4. The Bertz CT molecular complexity index is 436. The Kier molecular flexibility index (Phi) is 3.50. The summed E-state index contributed by atoms with van der Waals surface area (Å²) in [5, 5.41) is 0. The Morgan fingerprint density at radius 2 is 1.88 bits per heavy atom. The van der Waals surface area contributed by atoms with Crippen molar-refractivity contribution in [3.05, 3.63) is 17.7 Å². The highest BCUT2D eigenvalue weighted by Gasteiger charge is 2.21. The molecule has 17 heavy (non-hydrogen) atoms. The first-order chi connectivity index (χ1) is 7.75. The van der Waals surface area contributed by atoms with Crippen LogP contribution in [0.25, 0.3) is 0 Å². The minimum Gasteiger partial charge on any atom is -0.497 e. The Balaban J connectivity index is 3.36. The van der Waals surface area contributed by atoms with Crippen LogP contribution in [0.1, 0.15) is 26.3 Å². The quantitative estimate of drug-likeness (QED) is 0.772. The molecule has 5 heteroatoms. The van der Waals surface area contributed by atoms with Gasteiger partial charge in [-0.05, 0) is 17.0 Å². The third kappa shape index (κ3) is 3.03. The fourth-order valence-electron chi connectivity index (χ4n) is 1.53. The van der Waals surface area contributed by atoms with E-state index in [0.29, 0.717) is 11.4 Å². The van der Waals surface area contributed by atoms with Gasteiger partial charge >= 0.3 is 6.09 Å². The van der Waals surface area contributed by atoms with Gasteiger partial charge in [0.1, 0.15) is 5.75 Å². The number of primary amides is 1. The van der Waals surface area contributed by atoms with Gasteiger partial charge in [-0.2, -0.15) is 0 Å². The number of rotatable bonds is 2. The number of ether oxygens (including phenoxy) is 2. The van der Waals surface area contributed by atoms with Crippen molar-refractivity contribution in [2.45, 2.75) is 26.2 Å². The highest BCUT2D eigenvalue weighted by molar-refractivity contribution is 5.73. The van der Waals surface area contributed by atoms with E-state index >= 15 is 0 Å². The standard InChI is InChI=1S/C12H18N2O3/c1-12(2,3)8-5-7(16-4)6-9(10(8)13)17-11(14)15/h5-6H,13H2,1-4H3,(H2,14,15). The third-order valence-corrected chi connectivity index (χ3v) is 2.37. The van der Waals surface area contributed by atoms with Crippen LogP contribution in [-0.2, 0) is 5.41 Å². The average Bonchev–Trinajstić information content (AvgIpc) is 2.18. The van der Waals surface area contributed by atoms with Gasteiger partial charge in [-0.15, -0.1) is 0 Å². The summed E-state index contributed by atoms with van der Waals surface area (Å²) in [5.74, 6) is 0.794. The van der Waals surface area contributed by atoms with E-state index in [-0.39, 0.29) is 11.2 Å². The van der Waals surface area contributed by atoms with Crippen LogP contribution in [0.15, 0.2) is 12.1 Å². The third-order valence-electron chi connectivity index (χ3n) is 2.37. The molecule has 0 saturated carbocycles. The van der Waals surface area contributed by atoms with Crippen molar-refractivity contribution in [1.29, 1.82) is 0 Å². The maximum atomic E-state index is 10.8. The first kappa shape index (κ1) is 13.2. The first-order valence-corrected chi connectivity index (χ1v) is 5.21.